The van der Waals surface area contributed by atoms with Gasteiger partial charge in [-0.05, 0) is 25.0 Å². The van der Waals surface area contributed by atoms with Crippen molar-refractivity contribution in [2.45, 2.75) is 25.7 Å². The molecule has 1 amide bonds. The summed E-state index contributed by atoms with van der Waals surface area (Å²) in [5.74, 6) is -0.948. The first-order chi connectivity index (χ1) is 9.15. The number of fused-ring (bicyclic) bond motifs is 1. The molecule has 0 saturated carbocycles. The van der Waals surface area contributed by atoms with Gasteiger partial charge in [-0.25, -0.2) is 4.98 Å². The van der Waals surface area contributed by atoms with Crippen molar-refractivity contribution < 1.29 is 14.7 Å². The maximum atomic E-state index is 11.6. The van der Waals surface area contributed by atoms with Crippen LogP contribution in [-0.4, -0.2) is 22.0 Å². The Bertz CT molecular complexity index is 561. The highest BCUT2D eigenvalue weighted by atomic mass is 32.1. The van der Waals surface area contributed by atoms with Crippen molar-refractivity contribution in [2.75, 3.05) is 5.32 Å². The van der Waals surface area contributed by atoms with Crippen LogP contribution in [0.2, 0.25) is 0 Å². The van der Waals surface area contributed by atoms with Crippen LogP contribution < -0.4 is 5.32 Å². The molecular formula is C13H14N2O3S. The van der Waals surface area contributed by atoms with Crippen molar-refractivity contribution in [1.82, 2.24) is 4.98 Å². The zero-order chi connectivity index (χ0) is 13.7. The maximum Gasteiger partial charge on any atom is 0.303 e. The van der Waals surface area contributed by atoms with Gasteiger partial charge in [-0.15, -0.1) is 0 Å². The molecule has 5 nitrogen and oxygen atoms in total. The molecule has 6 heteroatoms. The van der Waals surface area contributed by atoms with Crippen molar-refractivity contribution in [2.24, 2.45) is 0 Å². The summed E-state index contributed by atoms with van der Waals surface area (Å²) in [5.41, 5.74) is 0.869. The Labute approximate surface area is 114 Å². The average molecular weight is 278 g/mol. The number of para-hydroxylation sites is 1. The number of aliphatic carboxylic acids is 1. The molecule has 2 rings (SSSR count). The Hall–Kier alpha value is -1.95. The van der Waals surface area contributed by atoms with E-state index in [0.29, 0.717) is 24.4 Å². The summed E-state index contributed by atoms with van der Waals surface area (Å²) in [6.45, 7) is 0. The van der Waals surface area contributed by atoms with Gasteiger partial charge < -0.3 is 10.4 Å². The lowest BCUT2D eigenvalue weighted by molar-refractivity contribution is -0.137. The smallest absolute Gasteiger partial charge is 0.303 e. The fourth-order valence-electron chi connectivity index (χ4n) is 1.67. The predicted octanol–water partition coefficient (Wildman–Crippen LogP) is 2.88. The van der Waals surface area contributed by atoms with Crippen LogP contribution in [0, 0.1) is 0 Å². The van der Waals surface area contributed by atoms with Crippen LogP contribution in [0.5, 0.6) is 0 Å². The van der Waals surface area contributed by atoms with Crippen LogP contribution in [-0.2, 0) is 9.59 Å². The summed E-state index contributed by atoms with van der Waals surface area (Å²) >= 11 is 1.43. The molecule has 0 aliphatic rings. The molecule has 100 valence electrons. The lowest BCUT2D eigenvalue weighted by Crippen LogP contribution is -2.11. The number of nitrogens with zero attached hydrogens (tertiary/aromatic N) is 1. The number of aromatic nitrogens is 1. The summed E-state index contributed by atoms with van der Waals surface area (Å²) in [7, 11) is 0. The largest absolute Gasteiger partial charge is 0.481 e. The number of nitrogens with one attached hydrogen (secondary N) is 1. The third-order valence-corrected chi connectivity index (χ3v) is 3.54. The van der Waals surface area contributed by atoms with Crippen LogP contribution in [0.3, 0.4) is 0 Å². The second kappa shape index (κ2) is 6.29. The standard InChI is InChI=1S/C13H14N2O3S/c16-11(7-3-4-8-12(17)18)15-13-14-9-5-1-2-6-10(9)19-13/h1-2,5-6H,3-4,7-8H2,(H,17,18)(H,14,15,16). The number of unbranched alkanes of at least 4 members (excludes halogenated alkanes) is 1. The Morgan fingerprint density at radius 2 is 1.95 bits per heavy atom. The number of carbonyl (C=O) groups excluding carboxylic acids is 1. The van der Waals surface area contributed by atoms with Gasteiger partial charge in [-0.1, -0.05) is 23.5 Å². The summed E-state index contributed by atoms with van der Waals surface area (Å²) in [6, 6.07) is 7.68. The number of amides is 1. The van der Waals surface area contributed by atoms with E-state index in [9.17, 15) is 9.59 Å². The predicted molar refractivity (Wildman–Crippen MR) is 74.4 cm³/mol. The minimum Gasteiger partial charge on any atom is -0.481 e. The second-order valence-corrected chi connectivity index (χ2v) is 5.17. The summed E-state index contributed by atoms with van der Waals surface area (Å²) < 4.78 is 1.03. The number of thiazole rings is 1. The summed E-state index contributed by atoms with van der Waals surface area (Å²) in [4.78, 5) is 26.3. The molecular weight excluding hydrogens is 264 g/mol. The monoisotopic (exact) mass is 278 g/mol. The van der Waals surface area contributed by atoms with E-state index < -0.39 is 5.97 Å². The van der Waals surface area contributed by atoms with Gasteiger partial charge in [0.25, 0.3) is 0 Å². The first kappa shape index (κ1) is 13.5. The van der Waals surface area contributed by atoms with Crippen LogP contribution >= 0.6 is 11.3 Å². The van der Waals surface area contributed by atoms with Crippen LogP contribution in [0.15, 0.2) is 24.3 Å². The van der Waals surface area contributed by atoms with Crippen molar-refractivity contribution >= 4 is 38.6 Å². The second-order valence-electron chi connectivity index (χ2n) is 4.14. The minimum absolute atomic E-state index is 0.106. The molecule has 0 spiro atoms. The van der Waals surface area contributed by atoms with E-state index in [-0.39, 0.29) is 12.3 Å². The molecule has 0 bridgehead atoms. The lowest BCUT2D eigenvalue weighted by Gasteiger charge is -2.00. The van der Waals surface area contributed by atoms with E-state index in [1.54, 1.807) is 0 Å². The van der Waals surface area contributed by atoms with E-state index in [1.807, 2.05) is 24.3 Å². The van der Waals surface area contributed by atoms with Crippen LogP contribution in [0.25, 0.3) is 10.2 Å². The molecule has 0 unspecified atom stereocenters. The lowest BCUT2D eigenvalue weighted by atomic mass is 10.2. The third-order valence-electron chi connectivity index (χ3n) is 2.58. The van der Waals surface area contributed by atoms with Gasteiger partial charge in [0, 0.05) is 12.8 Å². The zero-order valence-electron chi connectivity index (χ0n) is 10.3. The molecule has 1 aromatic heterocycles. The van der Waals surface area contributed by atoms with E-state index in [2.05, 4.69) is 10.3 Å². The first-order valence-electron chi connectivity index (χ1n) is 6.02. The highest BCUT2D eigenvalue weighted by Gasteiger charge is 2.07. The third kappa shape index (κ3) is 4.03. The molecule has 0 aliphatic carbocycles. The SMILES string of the molecule is O=C(O)CCCCC(=O)Nc1nc2ccccc2s1. The maximum absolute atomic E-state index is 11.6. The van der Waals surface area contributed by atoms with E-state index >= 15 is 0 Å². The number of carbonyl (C=O) groups is 2. The number of benzene rings is 1. The highest BCUT2D eigenvalue weighted by molar-refractivity contribution is 7.22. The number of carboxylic acid groups (broad SMARTS) is 1. The van der Waals surface area contributed by atoms with Gasteiger partial charge in [0.15, 0.2) is 5.13 Å². The Balaban J connectivity index is 1.83. The van der Waals surface area contributed by atoms with Gasteiger partial charge in [0.2, 0.25) is 5.91 Å². The fraction of sp³-hybridized carbons (Fsp3) is 0.308. The number of carboxylic acids is 1. The van der Waals surface area contributed by atoms with Gasteiger partial charge in [0.05, 0.1) is 10.2 Å². The van der Waals surface area contributed by atoms with E-state index in [0.717, 1.165) is 10.2 Å². The topological polar surface area (TPSA) is 79.3 Å². The summed E-state index contributed by atoms with van der Waals surface area (Å²) in [5, 5.41) is 11.8. The number of hydrogen-bond donors (Lipinski definition) is 2. The Morgan fingerprint density at radius 1 is 1.21 bits per heavy atom. The van der Waals surface area contributed by atoms with Gasteiger partial charge in [-0.2, -0.15) is 0 Å². The van der Waals surface area contributed by atoms with Gasteiger partial charge in [-0.3, -0.25) is 9.59 Å². The Kier molecular flexibility index (Phi) is 4.46. The highest BCUT2D eigenvalue weighted by Crippen LogP contribution is 2.25. The Morgan fingerprint density at radius 3 is 2.68 bits per heavy atom. The number of hydrogen-bond acceptors (Lipinski definition) is 4. The molecule has 2 aromatic rings. The van der Waals surface area contributed by atoms with E-state index in [4.69, 9.17) is 5.11 Å². The quantitative estimate of drug-likeness (QED) is 0.796. The molecule has 0 fully saturated rings. The molecule has 0 atom stereocenters. The van der Waals surface area contributed by atoms with Crippen molar-refractivity contribution in [3.8, 4) is 0 Å². The van der Waals surface area contributed by atoms with Crippen LogP contribution in [0.4, 0.5) is 5.13 Å². The molecule has 19 heavy (non-hydrogen) atoms. The summed E-state index contributed by atoms with van der Waals surface area (Å²) in [6.07, 6.45) is 1.52. The molecule has 0 aliphatic heterocycles. The molecule has 1 heterocycles. The van der Waals surface area contributed by atoms with Crippen molar-refractivity contribution in [3.63, 3.8) is 0 Å². The van der Waals surface area contributed by atoms with E-state index in [1.165, 1.54) is 11.3 Å². The molecule has 0 radical (unpaired) electrons. The fourth-order valence-corrected chi connectivity index (χ4v) is 2.55. The average Bonchev–Trinajstić information content (AvgIpc) is 2.76. The molecule has 1 aromatic carbocycles. The number of anilines is 1. The van der Waals surface area contributed by atoms with Gasteiger partial charge in [0.1, 0.15) is 0 Å². The van der Waals surface area contributed by atoms with Crippen molar-refractivity contribution in [1.29, 1.82) is 0 Å². The molecule has 0 saturated heterocycles. The molecule has 2 N–H and O–H groups in total. The van der Waals surface area contributed by atoms with Crippen LogP contribution in [0.1, 0.15) is 25.7 Å². The number of rotatable bonds is 6. The van der Waals surface area contributed by atoms with Crippen molar-refractivity contribution in [3.05, 3.63) is 24.3 Å². The minimum atomic E-state index is -0.827. The normalized spacial score (nSPS) is 10.5. The zero-order valence-corrected chi connectivity index (χ0v) is 11.1. The van der Waals surface area contributed by atoms with Gasteiger partial charge >= 0.3 is 5.97 Å². The first-order valence-corrected chi connectivity index (χ1v) is 6.84.